The molecule has 232 valence electrons. The molecule has 10 nitrogen and oxygen atoms in total. The molecule has 3 aromatic rings. The second-order valence-corrected chi connectivity index (χ2v) is 12.5. The van der Waals surface area contributed by atoms with Gasteiger partial charge in [-0.05, 0) is 48.4 Å². The van der Waals surface area contributed by atoms with Crippen LogP contribution < -0.4 is 11.1 Å². The van der Waals surface area contributed by atoms with Crippen LogP contribution in [0.2, 0.25) is 0 Å². The Morgan fingerprint density at radius 3 is 2.07 bits per heavy atom. The molecule has 2 heterocycles. The zero-order chi connectivity index (χ0) is 31.8. The first kappa shape index (κ1) is 31.3. The summed E-state index contributed by atoms with van der Waals surface area (Å²) in [6, 6.07) is 24.9. The van der Waals surface area contributed by atoms with E-state index < -0.39 is 57.7 Å². The molecule has 0 bridgehead atoms. The van der Waals surface area contributed by atoms with Crippen LogP contribution in [0.4, 0.5) is 5.69 Å². The van der Waals surface area contributed by atoms with Crippen molar-refractivity contribution in [2.45, 2.75) is 51.4 Å². The molecule has 0 spiro atoms. The second-order valence-electron chi connectivity index (χ2n) is 12.5. The summed E-state index contributed by atoms with van der Waals surface area (Å²) in [4.78, 5) is 40.9. The highest BCUT2D eigenvalue weighted by atomic mass is 16.6. The van der Waals surface area contributed by atoms with E-state index in [1.54, 1.807) is 26.8 Å². The summed E-state index contributed by atoms with van der Waals surface area (Å²) in [5.41, 5.74) is 5.40. The largest absolute Gasteiger partial charge is 0.481 e. The van der Waals surface area contributed by atoms with Gasteiger partial charge in [0.15, 0.2) is 0 Å². The molecular formula is C34H40N4O6. The molecule has 10 heteroatoms. The van der Waals surface area contributed by atoms with E-state index in [4.69, 9.17) is 5.73 Å². The number of carboxylic acids is 2. The number of hydrogen-bond acceptors (Lipinski definition) is 7. The highest BCUT2D eigenvalue weighted by Crippen LogP contribution is 2.62. The van der Waals surface area contributed by atoms with Gasteiger partial charge in [0.05, 0.1) is 22.5 Å². The van der Waals surface area contributed by atoms with Crippen molar-refractivity contribution in [3.63, 3.8) is 0 Å². The molecule has 2 aliphatic rings. The summed E-state index contributed by atoms with van der Waals surface area (Å²) in [7, 11) is 0. The molecule has 5 N–H and O–H groups in total. The number of piperidine rings is 1. The zero-order valence-corrected chi connectivity index (χ0v) is 25.2. The van der Waals surface area contributed by atoms with Crippen molar-refractivity contribution in [2.75, 3.05) is 13.1 Å². The molecule has 0 amide bonds. The molecule has 6 atom stereocenters. The number of likely N-dealkylation sites (tertiary alicyclic amines) is 1. The summed E-state index contributed by atoms with van der Waals surface area (Å²) in [5, 5.41) is 37.4. The maximum Gasteiger partial charge on any atom is 0.313 e. The zero-order valence-electron chi connectivity index (χ0n) is 25.2. The van der Waals surface area contributed by atoms with Crippen molar-refractivity contribution in [2.24, 2.45) is 28.4 Å². The molecule has 2 aliphatic heterocycles. The number of hydrogen-bond donors (Lipinski definition) is 4. The van der Waals surface area contributed by atoms with Crippen LogP contribution in [0.25, 0.3) is 0 Å². The Balaban J connectivity index is 1.71. The van der Waals surface area contributed by atoms with Crippen molar-refractivity contribution >= 4 is 17.6 Å². The number of non-ortho nitro benzene ring substituents is 1. The van der Waals surface area contributed by atoms with Crippen LogP contribution in [0.3, 0.4) is 0 Å². The highest BCUT2D eigenvalue weighted by Gasteiger charge is 2.71. The van der Waals surface area contributed by atoms with E-state index in [9.17, 15) is 29.9 Å². The maximum absolute atomic E-state index is 13.9. The Hall–Kier alpha value is -4.12. The fourth-order valence-electron chi connectivity index (χ4n) is 8.30. The van der Waals surface area contributed by atoms with Gasteiger partial charge < -0.3 is 15.9 Å². The monoisotopic (exact) mass is 600 g/mol. The molecule has 0 saturated carbocycles. The number of carboxylic acid groups (broad SMARTS) is 2. The third-order valence-corrected chi connectivity index (χ3v) is 10.2. The van der Waals surface area contributed by atoms with E-state index in [1.165, 1.54) is 18.2 Å². The SMILES string of the molecule is CC(C)C1(C(=O)O)C(N)NC(C)C(C(=O)O)(C2CCN(C(c3ccccc3)c3ccccc3)C2)C1c1cccc([N+](=O)[O-])c1. The van der Waals surface area contributed by atoms with Crippen LogP contribution in [0.15, 0.2) is 84.9 Å². The maximum atomic E-state index is 13.9. The van der Waals surface area contributed by atoms with E-state index in [1.807, 2.05) is 36.4 Å². The Morgan fingerprint density at radius 2 is 1.57 bits per heavy atom. The fraction of sp³-hybridized carbons (Fsp3) is 0.412. The number of nitro benzene ring substituents is 1. The molecule has 0 aliphatic carbocycles. The van der Waals surface area contributed by atoms with Crippen molar-refractivity contribution in [1.29, 1.82) is 0 Å². The van der Waals surface area contributed by atoms with Crippen LogP contribution in [0.5, 0.6) is 0 Å². The second kappa shape index (κ2) is 12.1. The number of nitro groups is 1. The van der Waals surface area contributed by atoms with Crippen LogP contribution >= 0.6 is 0 Å². The van der Waals surface area contributed by atoms with E-state index in [0.29, 0.717) is 25.1 Å². The predicted octanol–water partition coefficient (Wildman–Crippen LogP) is 4.86. The van der Waals surface area contributed by atoms with Crippen molar-refractivity contribution < 1.29 is 24.7 Å². The van der Waals surface area contributed by atoms with Crippen molar-refractivity contribution in [3.05, 3.63) is 112 Å². The number of nitrogens with one attached hydrogen (secondary N) is 1. The van der Waals surface area contributed by atoms with Crippen molar-refractivity contribution in [1.82, 2.24) is 10.2 Å². The molecule has 5 rings (SSSR count). The lowest BCUT2D eigenvalue weighted by molar-refractivity contribution is -0.385. The summed E-state index contributed by atoms with van der Waals surface area (Å²) in [6.07, 6.45) is -0.617. The van der Waals surface area contributed by atoms with Crippen LogP contribution in [0, 0.1) is 32.8 Å². The van der Waals surface area contributed by atoms with Gasteiger partial charge >= 0.3 is 11.9 Å². The molecule has 2 saturated heterocycles. The fourth-order valence-corrected chi connectivity index (χ4v) is 8.30. The lowest BCUT2D eigenvalue weighted by Crippen LogP contribution is -2.75. The lowest BCUT2D eigenvalue weighted by Gasteiger charge is -2.60. The van der Waals surface area contributed by atoms with Gasteiger partial charge in [-0.2, -0.15) is 0 Å². The smallest absolute Gasteiger partial charge is 0.313 e. The normalized spacial score (nSPS) is 29.1. The first-order chi connectivity index (χ1) is 21.0. The standard InChI is InChI=1S/C34H40N4O6/c1-21(2)33(31(39)40)29(25-15-10-16-27(19-25)38(43)44)34(32(41)42,22(3)36-30(33)35)26-17-18-37(20-26)28(23-11-6-4-7-12-23)24-13-8-5-9-14-24/h4-16,19,21-22,26,28-30,36H,17-18,20,35H2,1-3H3,(H,39,40)(H,41,42). The van der Waals surface area contributed by atoms with Gasteiger partial charge in [-0.25, -0.2) is 0 Å². The summed E-state index contributed by atoms with van der Waals surface area (Å²) < 4.78 is 0. The third kappa shape index (κ3) is 4.87. The number of nitrogens with two attached hydrogens (primary N) is 1. The van der Waals surface area contributed by atoms with E-state index in [2.05, 4.69) is 34.5 Å². The topological polar surface area (TPSA) is 159 Å². The van der Waals surface area contributed by atoms with Gasteiger partial charge in [-0.15, -0.1) is 0 Å². The highest BCUT2D eigenvalue weighted by molar-refractivity contribution is 5.85. The molecule has 2 fully saturated rings. The Bertz CT molecular complexity index is 1480. The van der Waals surface area contributed by atoms with Crippen molar-refractivity contribution in [3.8, 4) is 0 Å². The lowest BCUT2D eigenvalue weighted by atomic mass is 9.46. The predicted molar refractivity (Wildman–Crippen MR) is 166 cm³/mol. The number of aliphatic carboxylic acids is 2. The van der Waals surface area contributed by atoms with Gasteiger partial charge in [0.2, 0.25) is 0 Å². The van der Waals surface area contributed by atoms with Crippen LogP contribution in [0.1, 0.15) is 55.8 Å². The minimum Gasteiger partial charge on any atom is -0.481 e. The van der Waals surface area contributed by atoms with Gasteiger partial charge in [-0.3, -0.25) is 29.9 Å². The molecule has 0 radical (unpaired) electrons. The van der Waals surface area contributed by atoms with Gasteiger partial charge in [0.25, 0.3) is 5.69 Å². The van der Waals surface area contributed by atoms with Crippen LogP contribution in [-0.2, 0) is 9.59 Å². The Kier molecular flexibility index (Phi) is 8.62. The number of nitrogens with zero attached hydrogens (tertiary/aromatic N) is 2. The molecule has 0 aromatic heterocycles. The number of benzene rings is 3. The molecule has 6 unspecified atom stereocenters. The van der Waals surface area contributed by atoms with E-state index in [0.717, 1.165) is 11.1 Å². The van der Waals surface area contributed by atoms with E-state index in [-0.39, 0.29) is 11.7 Å². The third-order valence-electron chi connectivity index (χ3n) is 10.2. The quantitative estimate of drug-likeness (QED) is 0.199. The summed E-state index contributed by atoms with van der Waals surface area (Å²) in [6.45, 7) is 6.16. The number of rotatable bonds is 9. The summed E-state index contributed by atoms with van der Waals surface area (Å²) >= 11 is 0. The minimum atomic E-state index is -1.79. The first-order valence-corrected chi connectivity index (χ1v) is 15.0. The van der Waals surface area contributed by atoms with Gasteiger partial charge in [-0.1, -0.05) is 86.6 Å². The van der Waals surface area contributed by atoms with Gasteiger partial charge in [0.1, 0.15) is 5.41 Å². The Labute approximate surface area is 257 Å². The first-order valence-electron chi connectivity index (χ1n) is 15.0. The van der Waals surface area contributed by atoms with Gasteiger partial charge in [0, 0.05) is 30.6 Å². The molecule has 44 heavy (non-hydrogen) atoms. The van der Waals surface area contributed by atoms with Crippen LogP contribution in [-0.4, -0.2) is 57.3 Å². The summed E-state index contributed by atoms with van der Waals surface area (Å²) in [5.74, 6) is -4.67. The minimum absolute atomic E-state index is 0.145. The average molecular weight is 601 g/mol. The molecular weight excluding hydrogens is 560 g/mol. The van der Waals surface area contributed by atoms with E-state index >= 15 is 0 Å². The number of carbonyl (C=O) groups is 2. The average Bonchev–Trinajstić information content (AvgIpc) is 3.47. The molecule has 3 aromatic carbocycles. The Morgan fingerprint density at radius 1 is 0.977 bits per heavy atom.